The Bertz CT molecular complexity index is 835. The fourth-order valence-corrected chi connectivity index (χ4v) is 4.47. The number of aryl methyl sites for hydroxylation is 1. The van der Waals surface area contributed by atoms with Gasteiger partial charge in [0.25, 0.3) is 5.91 Å². The smallest absolute Gasteiger partial charge is 0.352 e. The van der Waals surface area contributed by atoms with E-state index >= 15 is 0 Å². The molecule has 0 aromatic heterocycles. The number of hydrogen-bond donors (Lipinski definition) is 1. The van der Waals surface area contributed by atoms with Gasteiger partial charge < -0.3 is 9.84 Å². The standard InChI is InChI=1S/C18H18N2O6S/c1-10-3-5-13(6-4-10)19(9-21)15-16(23)20-14(18(24)25)12(7-26-11(2)22)8-27-17(15)20/h3-6,9,15,17H,7-8H2,1-2H3,(H,24,25)/t15?,17-/m1/s1. The van der Waals surface area contributed by atoms with Gasteiger partial charge >= 0.3 is 11.9 Å². The first-order valence-corrected chi connectivity index (χ1v) is 9.23. The summed E-state index contributed by atoms with van der Waals surface area (Å²) in [7, 11) is 0. The highest BCUT2D eigenvalue weighted by atomic mass is 32.2. The first-order chi connectivity index (χ1) is 12.8. The van der Waals surface area contributed by atoms with Gasteiger partial charge in [-0.05, 0) is 19.1 Å². The second-order valence-corrected chi connectivity index (χ2v) is 7.35. The molecule has 1 N–H and O–H groups in total. The summed E-state index contributed by atoms with van der Waals surface area (Å²) < 4.78 is 4.90. The minimum atomic E-state index is -1.26. The summed E-state index contributed by atoms with van der Waals surface area (Å²) in [6.45, 7) is 2.96. The highest BCUT2D eigenvalue weighted by molar-refractivity contribution is 8.00. The second-order valence-electron chi connectivity index (χ2n) is 6.24. The van der Waals surface area contributed by atoms with Crippen LogP contribution in [0.3, 0.4) is 0 Å². The van der Waals surface area contributed by atoms with Crippen LogP contribution in [0.2, 0.25) is 0 Å². The number of esters is 1. The lowest BCUT2D eigenvalue weighted by Gasteiger charge is -2.52. The molecule has 8 nitrogen and oxygen atoms in total. The monoisotopic (exact) mass is 390 g/mol. The number of carboxylic acid groups (broad SMARTS) is 1. The molecule has 9 heteroatoms. The van der Waals surface area contributed by atoms with Crippen LogP contribution in [0.15, 0.2) is 35.5 Å². The van der Waals surface area contributed by atoms with Gasteiger partial charge in [-0.1, -0.05) is 17.7 Å². The molecule has 2 amide bonds. The van der Waals surface area contributed by atoms with Crippen LogP contribution in [0.4, 0.5) is 5.69 Å². The zero-order valence-electron chi connectivity index (χ0n) is 14.7. The molecule has 2 atom stereocenters. The van der Waals surface area contributed by atoms with Crippen molar-refractivity contribution < 1.29 is 29.0 Å². The van der Waals surface area contributed by atoms with Crippen molar-refractivity contribution in [3.63, 3.8) is 0 Å². The molecular formula is C18H18N2O6S. The van der Waals surface area contributed by atoms with E-state index in [9.17, 15) is 24.3 Å². The van der Waals surface area contributed by atoms with Crippen molar-refractivity contribution in [2.24, 2.45) is 0 Å². The van der Waals surface area contributed by atoms with E-state index in [0.717, 1.165) is 5.56 Å². The molecule has 142 valence electrons. The summed E-state index contributed by atoms with van der Waals surface area (Å²) in [5, 5.41) is 9.06. The van der Waals surface area contributed by atoms with Crippen LogP contribution >= 0.6 is 11.8 Å². The van der Waals surface area contributed by atoms with Crippen LogP contribution in [0.25, 0.3) is 0 Å². The average molecular weight is 390 g/mol. The number of anilines is 1. The van der Waals surface area contributed by atoms with Crippen molar-refractivity contribution >= 4 is 41.7 Å². The van der Waals surface area contributed by atoms with Crippen LogP contribution in [-0.2, 0) is 23.9 Å². The predicted molar refractivity (Wildman–Crippen MR) is 97.9 cm³/mol. The number of fused-ring (bicyclic) bond motifs is 1. The van der Waals surface area contributed by atoms with Gasteiger partial charge in [-0.2, -0.15) is 0 Å². The Balaban J connectivity index is 1.88. The number of β-lactam (4-membered cyclic amide) rings is 1. The summed E-state index contributed by atoms with van der Waals surface area (Å²) >= 11 is 1.34. The fourth-order valence-electron chi connectivity index (χ4n) is 3.09. The maximum atomic E-state index is 12.7. The number of thioether (sulfide) groups is 1. The summed E-state index contributed by atoms with van der Waals surface area (Å²) in [4.78, 5) is 49.6. The van der Waals surface area contributed by atoms with Gasteiger partial charge in [-0.25, -0.2) is 4.79 Å². The molecule has 0 radical (unpaired) electrons. The molecular weight excluding hydrogens is 372 g/mol. The number of benzene rings is 1. The van der Waals surface area contributed by atoms with Gasteiger partial charge in [0.1, 0.15) is 23.7 Å². The molecule has 1 fully saturated rings. The first-order valence-electron chi connectivity index (χ1n) is 8.18. The number of carboxylic acids is 1. The number of carbonyl (C=O) groups is 4. The molecule has 3 rings (SSSR count). The Morgan fingerprint density at radius 2 is 2.04 bits per heavy atom. The number of ether oxygens (including phenoxy) is 1. The van der Waals surface area contributed by atoms with E-state index in [1.165, 1.54) is 28.5 Å². The number of aliphatic carboxylic acids is 1. The number of amides is 2. The molecule has 1 unspecified atom stereocenters. The molecule has 0 bridgehead atoms. The Labute approximate surface area is 159 Å². The minimum Gasteiger partial charge on any atom is -0.477 e. The van der Waals surface area contributed by atoms with E-state index in [1.54, 1.807) is 12.1 Å². The van der Waals surface area contributed by atoms with Crippen LogP contribution in [0.1, 0.15) is 12.5 Å². The van der Waals surface area contributed by atoms with Crippen molar-refractivity contribution in [2.75, 3.05) is 17.3 Å². The van der Waals surface area contributed by atoms with Gasteiger partial charge in [0.05, 0.1) is 0 Å². The topological polar surface area (TPSA) is 104 Å². The van der Waals surface area contributed by atoms with Gasteiger partial charge in [0, 0.05) is 23.9 Å². The molecule has 1 aromatic rings. The predicted octanol–water partition coefficient (Wildman–Crippen LogP) is 1.14. The lowest BCUT2D eigenvalue weighted by molar-refractivity contribution is -0.148. The van der Waals surface area contributed by atoms with E-state index in [1.807, 2.05) is 19.1 Å². The molecule has 27 heavy (non-hydrogen) atoms. The van der Waals surface area contributed by atoms with Crippen LogP contribution < -0.4 is 4.90 Å². The normalized spacial score (nSPS) is 21.3. The third-order valence-corrected chi connectivity index (χ3v) is 5.74. The molecule has 2 heterocycles. The van der Waals surface area contributed by atoms with Crippen molar-refractivity contribution in [3.05, 3.63) is 41.1 Å². The summed E-state index contributed by atoms with van der Waals surface area (Å²) in [6, 6.07) is 6.38. The highest BCUT2D eigenvalue weighted by Crippen LogP contribution is 2.43. The molecule has 2 aliphatic heterocycles. The molecule has 1 aromatic carbocycles. The highest BCUT2D eigenvalue weighted by Gasteiger charge is 2.56. The summed E-state index contributed by atoms with van der Waals surface area (Å²) in [5.41, 5.74) is 1.78. The van der Waals surface area contributed by atoms with E-state index in [2.05, 4.69) is 0 Å². The lowest BCUT2D eigenvalue weighted by atomic mass is 10.0. The Kier molecular flexibility index (Phi) is 5.22. The fraction of sp³-hybridized carbons (Fsp3) is 0.333. The number of hydrogen-bond acceptors (Lipinski definition) is 6. The maximum absolute atomic E-state index is 12.7. The Morgan fingerprint density at radius 3 is 2.59 bits per heavy atom. The van der Waals surface area contributed by atoms with Crippen molar-refractivity contribution in [3.8, 4) is 0 Å². The minimum absolute atomic E-state index is 0.170. The van der Waals surface area contributed by atoms with E-state index in [-0.39, 0.29) is 12.3 Å². The quantitative estimate of drug-likeness (QED) is 0.441. The SMILES string of the molecule is CC(=O)OCC1=C(C(=O)O)N2C(=O)C(N(C=O)c3ccc(C)cc3)[C@H]2SC1. The maximum Gasteiger partial charge on any atom is 0.352 e. The number of carbonyl (C=O) groups excluding carboxylic acids is 3. The first kappa shape index (κ1) is 19.0. The number of rotatable bonds is 6. The van der Waals surface area contributed by atoms with Crippen LogP contribution in [0.5, 0.6) is 0 Å². The largest absolute Gasteiger partial charge is 0.477 e. The number of nitrogens with zero attached hydrogens (tertiary/aromatic N) is 2. The van der Waals surface area contributed by atoms with Crippen molar-refractivity contribution in [1.29, 1.82) is 0 Å². The molecule has 2 aliphatic rings. The van der Waals surface area contributed by atoms with Gasteiger partial charge in [0.15, 0.2) is 0 Å². The summed E-state index contributed by atoms with van der Waals surface area (Å²) in [5.74, 6) is -1.97. The van der Waals surface area contributed by atoms with Crippen LogP contribution in [-0.4, -0.2) is 58.0 Å². The van der Waals surface area contributed by atoms with Gasteiger partial charge in [0.2, 0.25) is 6.41 Å². The zero-order chi connectivity index (χ0) is 19.7. The van der Waals surface area contributed by atoms with E-state index in [4.69, 9.17) is 4.74 Å². The Morgan fingerprint density at radius 1 is 1.37 bits per heavy atom. The third kappa shape index (κ3) is 3.42. The molecule has 1 saturated heterocycles. The van der Waals surface area contributed by atoms with Crippen molar-refractivity contribution in [1.82, 2.24) is 4.90 Å². The van der Waals surface area contributed by atoms with Gasteiger partial charge in [-0.15, -0.1) is 11.8 Å². The van der Waals surface area contributed by atoms with E-state index in [0.29, 0.717) is 23.4 Å². The lowest BCUT2D eigenvalue weighted by Crippen LogP contribution is -2.70. The van der Waals surface area contributed by atoms with E-state index < -0.39 is 29.3 Å². The Hall–Kier alpha value is -2.81. The van der Waals surface area contributed by atoms with Crippen LogP contribution in [0, 0.1) is 6.92 Å². The average Bonchev–Trinajstić information content (AvgIpc) is 2.64. The zero-order valence-corrected chi connectivity index (χ0v) is 15.6. The molecule has 0 aliphatic carbocycles. The second kappa shape index (κ2) is 7.43. The molecule has 0 spiro atoms. The molecule has 0 saturated carbocycles. The van der Waals surface area contributed by atoms with Crippen molar-refractivity contribution in [2.45, 2.75) is 25.3 Å². The van der Waals surface area contributed by atoms with Gasteiger partial charge in [-0.3, -0.25) is 24.2 Å². The summed E-state index contributed by atoms with van der Waals surface area (Å²) in [6.07, 6.45) is 0.587. The third-order valence-electron chi connectivity index (χ3n) is 4.42.